The van der Waals surface area contributed by atoms with Gasteiger partial charge in [0.15, 0.2) is 0 Å². The summed E-state index contributed by atoms with van der Waals surface area (Å²) < 4.78 is 4.73. The van der Waals surface area contributed by atoms with E-state index in [-0.39, 0.29) is 11.9 Å². The van der Waals surface area contributed by atoms with Crippen LogP contribution in [0.4, 0.5) is 0 Å². The Morgan fingerprint density at radius 2 is 2.17 bits per heavy atom. The molecule has 1 atom stereocenters. The van der Waals surface area contributed by atoms with Crippen LogP contribution in [0, 0.1) is 5.92 Å². The van der Waals surface area contributed by atoms with Gasteiger partial charge in [0.05, 0.1) is 6.61 Å². The molecular formula is C9H16O3. The molecule has 0 aliphatic carbocycles. The van der Waals surface area contributed by atoms with Crippen molar-refractivity contribution in [1.82, 2.24) is 0 Å². The first-order valence-electron chi connectivity index (χ1n) is 4.35. The summed E-state index contributed by atoms with van der Waals surface area (Å²) in [4.78, 5) is 21.2. The van der Waals surface area contributed by atoms with Gasteiger partial charge in [0.25, 0.3) is 0 Å². The lowest BCUT2D eigenvalue weighted by atomic mass is 10.0. The van der Waals surface area contributed by atoms with Crippen molar-refractivity contribution in [3.05, 3.63) is 0 Å². The molecule has 0 bridgehead atoms. The molecule has 0 aromatic rings. The first kappa shape index (κ1) is 11.1. The van der Waals surface area contributed by atoms with Crippen LogP contribution in [0.5, 0.6) is 0 Å². The highest BCUT2D eigenvalue weighted by Gasteiger charge is 2.08. The van der Waals surface area contributed by atoms with Gasteiger partial charge < -0.3 is 9.53 Å². The largest absolute Gasteiger partial charge is 0.466 e. The lowest BCUT2D eigenvalue weighted by molar-refractivity contribution is -0.143. The molecule has 0 aromatic carbocycles. The van der Waals surface area contributed by atoms with Gasteiger partial charge in [0, 0.05) is 12.3 Å². The van der Waals surface area contributed by atoms with Gasteiger partial charge in [0.1, 0.15) is 6.29 Å². The van der Waals surface area contributed by atoms with Gasteiger partial charge in [-0.25, -0.2) is 0 Å². The number of hydrogen-bond donors (Lipinski definition) is 0. The molecular weight excluding hydrogens is 156 g/mol. The Morgan fingerprint density at radius 3 is 2.58 bits per heavy atom. The van der Waals surface area contributed by atoms with Crippen molar-refractivity contribution < 1.29 is 14.3 Å². The minimum Gasteiger partial charge on any atom is -0.466 e. The molecule has 70 valence electrons. The highest BCUT2D eigenvalue weighted by molar-refractivity contribution is 5.69. The normalized spacial score (nSPS) is 12.2. The third-order valence-corrected chi connectivity index (χ3v) is 1.74. The van der Waals surface area contributed by atoms with Crippen LogP contribution in [0.3, 0.4) is 0 Å². The predicted octanol–water partition coefficient (Wildman–Crippen LogP) is 1.55. The van der Waals surface area contributed by atoms with E-state index in [9.17, 15) is 9.59 Å². The van der Waals surface area contributed by atoms with Crippen LogP contribution < -0.4 is 0 Å². The van der Waals surface area contributed by atoms with Crippen molar-refractivity contribution >= 4 is 12.3 Å². The average molecular weight is 172 g/mol. The van der Waals surface area contributed by atoms with Crippen molar-refractivity contribution in [3.63, 3.8) is 0 Å². The maximum absolute atomic E-state index is 10.8. The third kappa shape index (κ3) is 4.88. The van der Waals surface area contributed by atoms with Crippen LogP contribution >= 0.6 is 0 Å². The summed E-state index contributed by atoms with van der Waals surface area (Å²) in [6, 6.07) is 0. The highest BCUT2D eigenvalue weighted by atomic mass is 16.5. The quantitative estimate of drug-likeness (QED) is 0.451. The fraction of sp³-hybridized carbons (Fsp3) is 0.778. The van der Waals surface area contributed by atoms with Crippen LogP contribution in [0.15, 0.2) is 0 Å². The van der Waals surface area contributed by atoms with Crippen molar-refractivity contribution in [2.45, 2.75) is 33.1 Å². The Morgan fingerprint density at radius 1 is 1.50 bits per heavy atom. The summed E-state index contributed by atoms with van der Waals surface area (Å²) in [6.07, 6.45) is 2.66. The molecule has 12 heavy (non-hydrogen) atoms. The van der Waals surface area contributed by atoms with Gasteiger partial charge in [0.2, 0.25) is 0 Å². The maximum atomic E-state index is 10.8. The zero-order valence-electron chi connectivity index (χ0n) is 7.71. The van der Waals surface area contributed by atoms with Gasteiger partial charge in [-0.05, 0) is 19.8 Å². The predicted molar refractivity (Wildman–Crippen MR) is 45.7 cm³/mol. The summed E-state index contributed by atoms with van der Waals surface area (Å²) in [7, 11) is 0. The molecule has 0 heterocycles. The first-order valence-corrected chi connectivity index (χ1v) is 4.35. The van der Waals surface area contributed by atoms with E-state index >= 15 is 0 Å². The number of carbonyl (C=O) groups is 2. The average Bonchev–Trinajstić information content (AvgIpc) is 2.07. The van der Waals surface area contributed by atoms with E-state index in [1.54, 1.807) is 6.92 Å². The van der Waals surface area contributed by atoms with Gasteiger partial charge >= 0.3 is 5.97 Å². The van der Waals surface area contributed by atoms with E-state index in [1.807, 2.05) is 6.92 Å². The van der Waals surface area contributed by atoms with Gasteiger partial charge in [-0.1, -0.05) is 6.92 Å². The SMILES string of the molecule is CCOC(=O)CCC(C=O)CC. The minimum absolute atomic E-state index is 0.00871. The van der Waals surface area contributed by atoms with E-state index in [0.29, 0.717) is 19.4 Å². The second-order valence-electron chi connectivity index (χ2n) is 2.65. The summed E-state index contributed by atoms with van der Waals surface area (Å²) in [6.45, 7) is 4.12. The fourth-order valence-corrected chi connectivity index (χ4v) is 0.905. The van der Waals surface area contributed by atoms with Crippen LogP contribution in [0.2, 0.25) is 0 Å². The van der Waals surface area contributed by atoms with E-state index in [0.717, 1.165) is 12.7 Å². The molecule has 1 unspecified atom stereocenters. The summed E-state index contributed by atoms with van der Waals surface area (Å²) in [5.41, 5.74) is 0. The van der Waals surface area contributed by atoms with Crippen molar-refractivity contribution in [2.24, 2.45) is 5.92 Å². The van der Waals surface area contributed by atoms with Crippen LogP contribution in [0.25, 0.3) is 0 Å². The molecule has 0 N–H and O–H groups in total. The maximum Gasteiger partial charge on any atom is 0.305 e. The summed E-state index contributed by atoms with van der Waals surface area (Å²) >= 11 is 0. The smallest absolute Gasteiger partial charge is 0.305 e. The Labute approximate surface area is 73.1 Å². The molecule has 0 aromatic heterocycles. The molecule has 0 spiro atoms. The Bertz CT molecular complexity index is 143. The summed E-state index contributed by atoms with van der Waals surface area (Å²) in [5.74, 6) is -0.202. The van der Waals surface area contributed by atoms with Crippen molar-refractivity contribution in [3.8, 4) is 0 Å². The second-order valence-corrected chi connectivity index (χ2v) is 2.65. The van der Waals surface area contributed by atoms with E-state index < -0.39 is 0 Å². The minimum atomic E-state index is -0.210. The standard InChI is InChI=1S/C9H16O3/c1-3-8(7-10)5-6-9(11)12-4-2/h7-8H,3-6H2,1-2H3. The Hall–Kier alpha value is -0.860. The highest BCUT2D eigenvalue weighted by Crippen LogP contribution is 2.08. The Kier molecular flexibility index (Phi) is 6.34. The molecule has 0 saturated heterocycles. The molecule has 0 amide bonds. The number of esters is 1. The molecule has 0 aliphatic heterocycles. The molecule has 3 nitrogen and oxygen atoms in total. The third-order valence-electron chi connectivity index (χ3n) is 1.74. The molecule has 3 heteroatoms. The second kappa shape index (κ2) is 6.83. The van der Waals surface area contributed by atoms with Gasteiger partial charge in [-0.2, -0.15) is 0 Å². The Balaban J connectivity index is 3.51. The number of rotatable bonds is 6. The number of ether oxygens (including phenoxy) is 1. The van der Waals surface area contributed by atoms with Crippen LogP contribution in [-0.2, 0) is 14.3 Å². The number of hydrogen-bond acceptors (Lipinski definition) is 3. The van der Waals surface area contributed by atoms with Crippen molar-refractivity contribution in [1.29, 1.82) is 0 Å². The first-order chi connectivity index (χ1) is 5.74. The zero-order chi connectivity index (χ0) is 9.40. The summed E-state index contributed by atoms with van der Waals surface area (Å²) in [5, 5.41) is 0. The number of aldehydes is 1. The van der Waals surface area contributed by atoms with E-state index in [1.165, 1.54) is 0 Å². The van der Waals surface area contributed by atoms with Crippen LogP contribution in [0.1, 0.15) is 33.1 Å². The van der Waals surface area contributed by atoms with Gasteiger partial charge in [-0.15, -0.1) is 0 Å². The van der Waals surface area contributed by atoms with Crippen molar-refractivity contribution in [2.75, 3.05) is 6.61 Å². The topological polar surface area (TPSA) is 43.4 Å². The molecule has 0 radical (unpaired) electrons. The fourth-order valence-electron chi connectivity index (χ4n) is 0.905. The monoisotopic (exact) mass is 172 g/mol. The van der Waals surface area contributed by atoms with E-state index in [4.69, 9.17) is 4.74 Å². The van der Waals surface area contributed by atoms with E-state index in [2.05, 4.69) is 0 Å². The lowest BCUT2D eigenvalue weighted by Gasteiger charge is -2.05. The molecule has 0 saturated carbocycles. The molecule has 0 aliphatic rings. The molecule has 0 fully saturated rings. The lowest BCUT2D eigenvalue weighted by Crippen LogP contribution is -2.08. The van der Waals surface area contributed by atoms with Crippen LogP contribution in [-0.4, -0.2) is 18.9 Å². The van der Waals surface area contributed by atoms with Gasteiger partial charge in [-0.3, -0.25) is 4.79 Å². The molecule has 0 rings (SSSR count). The number of carbonyl (C=O) groups excluding carboxylic acids is 2. The zero-order valence-corrected chi connectivity index (χ0v) is 7.71.